The lowest BCUT2D eigenvalue weighted by atomic mass is 9.87. The summed E-state index contributed by atoms with van der Waals surface area (Å²) in [5.41, 5.74) is 7.18. The molecule has 0 saturated carbocycles. The van der Waals surface area contributed by atoms with Crippen molar-refractivity contribution in [3.63, 3.8) is 0 Å². The summed E-state index contributed by atoms with van der Waals surface area (Å²) in [5, 5.41) is 13.7. The first-order chi connectivity index (χ1) is 15.5. The number of nitrogens with one attached hydrogen (secondary N) is 1. The van der Waals surface area contributed by atoms with E-state index < -0.39 is 29.7 Å². The number of esters is 1. The van der Waals surface area contributed by atoms with Crippen molar-refractivity contribution < 1.29 is 24.2 Å². The number of amides is 1. The Kier molecular flexibility index (Phi) is 12.0. The lowest BCUT2D eigenvalue weighted by Gasteiger charge is -2.23. The number of halogens is 2. The first-order valence-corrected chi connectivity index (χ1v) is 10.2. The van der Waals surface area contributed by atoms with E-state index in [9.17, 15) is 14.4 Å². The molecule has 4 N–H and O–H groups in total. The van der Waals surface area contributed by atoms with E-state index in [0.717, 1.165) is 16.3 Å². The van der Waals surface area contributed by atoms with Crippen LogP contribution in [0.3, 0.4) is 0 Å². The highest BCUT2D eigenvalue weighted by Crippen LogP contribution is 2.24. The van der Waals surface area contributed by atoms with E-state index in [1.54, 1.807) is 24.5 Å². The third kappa shape index (κ3) is 7.98. The number of hydrogen-bond acceptors (Lipinski definition) is 6. The second-order valence-corrected chi connectivity index (χ2v) is 7.40. The molecule has 0 saturated heterocycles. The summed E-state index contributed by atoms with van der Waals surface area (Å²) in [5.74, 6) is -4.10. The highest BCUT2D eigenvalue weighted by Gasteiger charge is 2.34. The normalized spacial score (nSPS) is 11.9. The molecule has 0 aliphatic rings. The minimum absolute atomic E-state index is 0. The Bertz CT molecular complexity index is 1100. The Morgan fingerprint density at radius 1 is 1.00 bits per heavy atom. The van der Waals surface area contributed by atoms with E-state index in [0.29, 0.717) is 5.69 Å². The number of aliphatic carboxylic acids is 1. The van der Waals surface area contributed by atoms with E-state index in [4.69, 9.17) is 15.6 Å². The van der Waals surface area contributed by atoms with Crippen molar-refractivity contribution >= 4 is 59.1 Å². The average Bonchev–Trinajstić information content (AvgIpc) is 2.80. The lowest BCUT2D eigenvalue weighted by molar-refractivity contribution is -0.154. The van der Waals surface area contributed by atoms with Crippen LogP contribution < -0.4 is 11.1 Å². The summed E-state index contributed by atoms with van der Waals surface area (Å²) < 4.78 is 5.39. The van der Waals surface area contributed by atoms with Crippen LogP contribution in [0.2, 0.25) is 0 Å². The summed E-state index contributed by atoms with van der Waals surface area (Å²) in [6.07, 6.45) is 3.04. The topological polar surface area (TPSA) is 132 Å². The molecule has 1 heterocycles. The van der Waals surface area contributed by atoms with Crippen molar-refractivity contribution in [2.75, 3.05) is 11.9 Å². The van der Waals surface area contributed by atoms with E-state index in [1.807, 2.05) is 42.5 Å². The van der Waals surface area contributed by atoms with Gasteiger partial charge in [-0.25, -0.2) is 0 Å². The number of benzene rings is 2. The fraction of sp³-hybridized carbons (Fsp3) is 0.250. The number of pyridine rings is 1. The van der Waals surface area contributed by atoms with Crippen LogP contribution in [0.4, 0.5) is 5.69 Å². The maximum atomic E-state index is 13.0. The number of rotatable bonds is 10. The number of carboxylic acids is 1. The van der Waals surface area contributed by atoms with Crippen LogP contribution in [0.25, 0.3) is 10.8 Å². The van der Waals surface area contributed by atoms with Gasteiger partial charge in [0.25, 0.3) is 0 Å². The van der Waals surface area contributed by atoms with Crippen molar-refractivity contribution in [1.29, 1.82) is 0 Å². The Morgan fingerprint density at radius 3 is 2.41 bits per heavy atom. The molecule has 2 aromatic carbocycles. The monoisotopic (exact) mass is 507 g/mol. The van der Waals surface area contributed by atoms with Crippen LogP contribution in [0, 0.1) is 11.8 Å². The summed E-state index contributed by atoms with van der Waals surface area (Å²) in [4.78, 5) is 41.0. The van der Waals surface area contributed by atoms with Crippen molar-refractivity contribution in [3.8, 4) is 0 Å². The molecule has 0 bridgehead atoms. The van der Waals surface area contributed by atoms with Gasteiger partial charge >= 0.3 is 11.9 Å². The zero-order valence-corrected chi connectivity index (χ0v) is 19.9. The zero-order valence-electron chi connectivity index (χ0n) is 18.3. The van der Waals surface area contributed by atoms with Gasteiger partial charge in [0.15, 0.2) is 0 Å². The molecular formula is C24H27Cl2N3O5. The number of carboxylic acid groups (broad SMARTS) is 1. The standard InChI is InChI=1S/C24H25N3O5.2ClH/c25-13-21(23(30)27-19-7-6-18-14-26-11-10-17(18)12-19)20(8-9-22(28)29)24(31)32-15-16-4-2-1-3-5-16;;/h1-7,10-12,14,20-21H,8-9,13,15,25H2,(H,27,30)(H,28,29);2*1H/t20?,21-;;/m1../s1. The van der Waals surface area contributed by atoms with Gasteiger partial charge in [-0.15, -0.1) is 24.8 Å². The first-order valence-electron chi connectivity index (χ1n) is 10.2. The number of aromatic nitrogens is 1. The number of carbonyl (C=O) groups is 3. The van der Waals surface area contributed by atoms with Gasteiger partial charge < -0.3 is 20.9 Å². The minimum Gasteiger partial charge on any atom is -0.481 e. The van der Waals surface area contributed by atoms with Crippen LogP contribution in [0.15, 0.2) is 67.0 Å². The maximum absolute atomic E-state index is 13.0. The van der Waals surface area contributed by atoms with Gasteiger partial charge in [0.2, 0.25) is 5.91 Å². The maximum Gasteiger partial charge on any atom is 0.310 e. The summed E-state index contributed by atoms with van der Waals surface area (Å²) >= 11 is 0. The smallest absolute Gasteiger partial charge is 0.310 e. The van der Waals surface area contributed by atoms with Crippen LogP contribution in [-0.4, -0.2) is 34.5 Å². The van der Waals surface area contributed by atoms with Crippen LogP contribution >= 0.6 is 24.8 Å². The number of carbonyl (C=O) groups excluding carboxylic acids is 2. The number of ether oxygens (including phenoxy) is 1. The Balaban J connectivity index is 0.00000289. The van der Waals surface area contributed by atoms with Crippen molar-refractivity contribution in [3.05, 3.63) is 72.6 Å². The predicted octanol–water partition coefficient (Wildman–Crippen LogP) is 3.82. The number of nitrogens with zero attached hydrogens (tertiary/aromatic N) is 1. The van der Waals surface area contributed by atoms with Crippen molar-refractivity contribution in [2.24, 2.45) is 17.6 Å². The molecule has 182 valence electrons. The molecule has 0 radical (unpaired) electrons. The van der Waals surface area contributed by atoms with Crippen LogP contribution in [-0.2, 0) is 25.7 Å². The van der Waals surface area contributed by atoms with Gasteiger partial charge in [0, 0.05) is 36.4 Å². The van der Waals surface area contributed by atoms with Crippen LogP contribution in [0.5, 0.6) is 0 Å². The van der Waals surface area contributed by atoms with Gasteiger partial charge in [-0.2, -0.15) is 0 Å². The third-order valence-corrected chi connectivity index (χ3v) is 5.18. The van der Waals surface area contributed by atoms with E-state index in [-0.39, 0.29) is 50.8 Å². The Hall–Kier alpha value is -3.20. The first kappa shape index (κ1) is 28.8. The number of anilines is 1. The van der Waals surface area contributed by atoms with E-state index >= 15 is 0 Å². The highest BCUT2D eigenvalue weighted by molar-refractivity contribution is 5.97. The second kappa shape index (κ2) is 14.1. The third-order valence-electron chi connectivity index (χ3n) is 5.18. The van der Waals surface area contributed by atoms with Gasteiger partial charge in [-0.05, 0) is 35.6 Å². The summed E-state index contributed by atoms with van der Waals surface area (Å²) in [7, 11) is 0. The molecule has 2 atom stereocenters. The zero-order chi connectivity index (χ0) is 22.9. The molecule has 0 spiro atoms. The molecule has 1 unspecified atom stereocenters. The van der Waals surface area contributed by atoms with Crippen molar-refractivity contribution in [1.82, 2.24) is 4.98 Å². The predicted molar refractivity (Wildman–Crippen MR) is 134 cm³/mol. The number of hydrogen-bond donors (Lipinski definition) is 3. The van der Waals surface area contributed by atoms with E-state index in [1.165, 1.54) is 0 Å². The molecule has 10 heteroatoms. The molecule has 1 amide bonds. The lowest BCUT2D eigenvalue weighted by Crippen LogP contribution is -2.39. The minimum atomic E-state index is -1.06. The number of nitrogens with two attached hydrogens (primary N) is 1. The Labute approximate surface area is 209 Å². The van der Waals surface area contributed by atoms with Crippen molar-refractivity contribution in [2.45, 2.75) is 19.4 Å². The van der Waals surface area contributed by atoms with Crippen LogP contribution in [0.1, 0.15) is 18.4 Å². The fourth-order valence-electron chi connectivity index (χ4n) is 3.45. The SMILES string of the molecule is Cl.Cl.NC[C@@H](C(=O)Nc1ccc2cnccc2c1)C(CCC(=O)O)C(=O)OCc1ccccc1. The molecule has 34 heavy (non-hydrogen) atoms. The van der Waals surface area contributed by atoms with Gasteiger partial charge in [0.05, 0.1) is 11.8 Å². The molecule has 1 aromatic heterocycles. The highest BCUT2D eigenvalue weighted by atomic mass is 35.5. The Morgan fingerprint density at radius 2 is 1.74 bits per heavy atom. The fourth-order valence-corrected chi connectivity index (χ4v) is 3.45. The quantitative estimate of drug-likeness (QED) is 0.355. The molecule has 3 rings (SSSR count). The van der Waals surface area contributed by atoms with Gasteiger partial charge in [0.1, 0.15) is 6.61 Å². The van der Waals surface area contributed by atoms with Gasteiger partial charge in [-0.1, -0.05) is 36.4 Å². The molecule has 3 aromatic rings. The van der Waals surface area contributed by atoms with Gasteiger partial charge in [-0.3, -0.25) is 19.4 Å². The molecule has 8 nitrogen and oxygen atoms in total. The number of fused-ring (bicyclic) bond motifs is 1. The molecule has 0 aliphatic heterocycles. The molecular weight excluding hydrogens is 481 g/mol. The summed E-state index contributed by atoms with van der Waals surface area (Å²) in [6.45, 7) is -0.102. The van der Waals surface area contributed by atoms with E-state index in [2.05, 4.69) is 10.3 Å². The average molecular weight is 508 g/mol. The molecule has 0 aliphatic carbocycles. The largest absolute Gasteiger partial charge is 0.481 e. The molecule has 0 fully saturated rings. The second-order valence-electron chi connectivity index (χ2n) is 7.40. The summed E-state index contributed by atoms with van der Waals surface area (Å²) in [6, 6.07) is 16.3.